The zero-order chi connectivity index (χ0) is 12.6. The average Bonchev–Trinajstić information content (AvgIpc) is 2.87. The quantitative estimate of drug-likeness (QED) is 0.283. The fourth-order valence-electron chi connectivity index (χ4n) is 1.62. The number of nitrogens with two attached hydrogens (primary N) is 1. The van der Waals surface area contributed by atoms with E-state index >= 15 is 0 Å². The molecule has 1 aromatic heterocycles. The third-order valence-corrected chi connectivity index (χ3v) is 2.53. The molecule has 1 aliphatic heterocycles. The van der Waals surface area contributed by atoms with E-state index in [4.69, 9.17) is 21.0 Å². The zero-order valence-electron chi connectivity index (χ0n) is 8.76. The molecule has 17 heavy (non-hydrogen) atoms. The van der Waals surface area contributed by atoms with Crippen molar-refractivity contribution in [1.82, 2.24) is 14.8 Å². The molecule has 4 atom stereocenters. The zero-order valence-corrected chi connectivity index (χ0v) is 8.76. The molecule has 94 valence electrons. The van der Waals surface area contributed by atoms with Crippen LogP contribution in [-0.4, -0.2) is 60.8 Å². The molecule has 0 aromatic carbocycles. The largest absolute Gasteiger partial charge is 0.394 e. The van der Waals surface area contributed by atoms with Crippen LogP contribution in [0.5, 0.6) is 0 Å². The summed E-state index contributed by atoms with van der Waals surface area (Å²) in [4.78, 5) is 3.74. The fraction of sp³-hybridized carbons (Fsp3) is 0.625. The number of hydrogen-bond acceptors (Lipinski definition) is 7. The molecule has 0 radical (unpaired) electrons. The van der Waals surface area contributed by atoms with Crippen LogP contribution in [0.2, 0.25) is 0 Å². The minimum atomic E-state index is -1.23. The van der Waals surface area contributed by atoms with Crippen LogP contribution in [0, 0.1) is 5.41 Å². The molecule has 2 rings (SSSR count). The van der Waals surface area contributed by atoms with Crippen LogP contribution in [0.3, 0.4) is 0 Å². The van der Waals surface area contributed by atoms with E-state index in [0.717, 1.165) is 4.68 Å². The first-order chi connectivity index (χ1) is 8.04. The first kappa shape index (κ1) is 11.9. The van der Waals surface area contributed by atoms with Gasteiger partial charge in [0, 0.05) is 0 Å². The van der Waals surface area contributed by atoms with E-state index in [1.165, 1.54) is 6.33 Å². The summed E-state index contributed by atoms with van der Waals surface area (Å²) in [5.74, 6) is -0.307. The third-order valence-electron chi connectivity index (χ3n) is 2.53. The monoisotopic (exact) mass is 243 g/mol. The number of ether oxygens (including phenoxy) is 1. The van der Waals surface area contributed by atoms with Gasteiger partial charge in [0.25, 0.3) is 0 Å². The van der Waals surface area contributed by atoms with E-state index in [1.54, 1.807) is 0 Å². The second kappa shape index (κ2) is 4.37. The topological polar surface area (TPSA) is 150 Å². The number of nitrogen functional groups attached to an aromatic ring is 1. The van der Waals surface area contributed by atoms with Gasteiger partial charge in [0.1, 0.15) is 24.6 Å². The lowest BCUT2D eigenvalue weighted by atomic mass is 10.1. The Kier molecular flexibility index (Phi) is 3.07. The summed E-state index contributed by atoms with van der Waals surface area (Å²) >= 11 is 0. The molecule has 0 amide bonds. The van der Waals surface area contributed by atoms with Crippen molar-refractivity contribution in [3.05, 3.63) is 12.2 Å². The van der Waals surface area contributed by atoms with E-state index in [1.807, 2.05) is 0 Å². The van der Waals surface area contributed by atoms with Crippen LogP contribution in [0.1, 0.15) is 12.1 Å². The Morgan fingerprint density at radius 1 is 1.53 bits per heavy atom. The maximum Gasteiger partial charge on any atom is 0.215 e. The molecular formula is C8H13N5O4. The van der Waals surface area contributed by atoms with Gasteiger partial charge in [-0.05, 0) is 0 Å². The van der Waals surface area contributed by atoms with E-state index in [0.29, 0.717) is 0 Å². The normalized spacial score (nSPS) is 32.9. The molecule has 1 fully saturated rings. The van der Waals surface area contributed by atoms with Crippen molar-refractivity contribution >= 4 is 5.84 Å². The van der Waals surface area contributed by atoms with Crippen LogP contribution in [0.4, 0.5) is 0 Å². The number of aliphatic hydroxyl groups is 3. The molecule has 1 aliphatic rings. The molecular weight excluding hydrogens is 230 g/mol. The Labute approximate surface area is 96.0 Å². The Morgan fingerprint density at radius 3 is 2.71 bits per heavy atom. The van der Waals surface area contributed by atoms with Crippen molar-refractivity contribution in [2.24, 2.45) is 5.73 Å². The number of nitrogens with one attached hydrogen (secondary N) is 1. The van der Waals surface area contributed by atoms with Gasteiger partial charge >= 0.3 is 0 Å². The molecule has 0 unspecified atom stereocenters. The van der Waals surface area contributed by atoms with Crippen LogP contribution in [-0.2, 0) is 4.74 Å². The third kappa shape index (κ3) is 2.00. The Hall–Kier alpha value is -1.55. The van der Waals surface area contributed by atoms with Gasteiger partial charge in [-0.2, -0.15) is 0 Å². The van der Waals surface area contributed by atoms with Crippen molar-refractivity contribution in [3.8, 4) is 0 Å². The van der Waals surface area contributed by atoms with Gasteiger partial charge in [0.15, 0.2) is 12.1 Å². The summed E-state index contributed by atoms with van der Waals surface area (Å²) in [6.45, 7) is -0.414. The standard InChI is InChI=1S/C8H13N5O4/c9-6(10)7-11-2-13(12-7)8-5(16)4(15)3(1-14)17-8/h2-5,8,14-16H,1H2,(H3,9,10)/t3-,4+,5-,8+/m0/s1. The van der Waals surface area contributed by atoms with Gasteiger partial charge in [0.05, 0.1) is 6.61 Å². The van der Waals surface area contributed by atoms with Gasteiger partial charge in [-0.25, -0.2) is 9.67 Å². The predicted octanol–water partition coefficient (Wildman–Crippen LogP) is -2.83. The minimum absolute atomic E-state index is 0.00254. The Bertz CT molecular complexity index is 422. The maximum absolute atomic E-state index is 9.70. The summed E-state index contributed by atoms with van der Waals surface area (Å²) in [5, 5.41) is 39.1. The lowest BCUT2D eigenvalue weighted by Gasteiger charge is -2.13. The molecule has 0 aliphatic carbocycles. The molecule has 0 bridgehead atoms. The second-order valence-corrected chi connectivity index (χ2v) is 3.69. The molecule has 0 saturated carbocycles. The minimum Gasteiger partial charge on any atom is -0.394 e. The van der Waals surface area contributed by atoms with E-state index in [9.17, 15) is 10.2 Å². The van der Waals surface area contributed by atoms with Crippen molar-refractivity contribution in [2.75, 3.05) is 6.61 Å². The second-order valence-electron chi connectivity index (χ2n) is 3.69. The highest BCUT2D eigenvalue weighted by Gasteiger charge is 2.43. The number of aromatic nitrogens is 3. The molecule has 2 heterocycles. The molecule has 6 N–H and O–H groups in total. The fourth-order valence-corrected chi connectivity index (χ4v) is 1.62. The van der Waals surface area contributed by atoms with Crippen LogP contribution in [0.25, 0.3) is 0 Å². The summed E-state index contributed by atoms with van der Waals surface area (Å²) in [6, 6.07) is 0. The molecule has 0 spiro atoms. The first-order valence-electron chi connectivity index (χ1n) is 4.92. The Balaban J connectivity index is 2.19. The van der Waals surface area contributed by atoms with Gasteiger partial charge < -0.3 is 25.8 Å². The molecule has 9 nitrogen and oxygen atoms in total. The maximum atomic E-state index is 9.70. The number of hydrogen-bond donors (Lipinski definition) is 5. The first-order valence-corrected chi connectivity index (χ1v) is 4.92. The van der Waals surface area contributed by atoms with Gasteiger partial charge in [-0.1, -0.05) is 0 Å². The smallest absolute Gasteiger partial charge is 0.215 e. The van der Waals surface area contributed by atoms with Crippen molar-refractivity contribution in [1.29, 1.82) is 5.41 Å². The molecule has 9 heteroatoms. The molecule has 1 aromatic rings. The summed E-state index contributed by atoms with van der Waals surface area (Å²) in [7, 11) is 0. The van der Waals surface area contributed by atoms with Crippen LogP contribution >= 0.6 is 0 Å². The van der Waals surface area contributed by atoms with E-state index < -0.39 is 31.1 Å². The highest BCUT2D eigenvalue weighted by Crippen LogP contribution is 2.28. The lowest BCUT2D eigenvalue weighted by molar-refractivity contribution is -0.0588. The van der Waals surface area contributed by atoms with E-state index in [2.05, 4.69) is 10.1 Å². The van der Waals surface area contributed by atoms with Crippen molar-refractivity contribution < 1.29 is 20.1 Å². The number of aliphatic hydroxyl groups excluding tert-OH is 3. The van der Waals surface area contributed by atoms with Crippen LogP contribution in [0.15, 0.2) is 6.33 Å². The van der Waals surface area contributed by atoms with Gasteiger partial charge in [-0.3, -0.25) is 5.41 Å². The van der Waals surface area contributed by atoms with Crippen molar-refractivity contribution in [3.63, 3.8) is 0 Å². The highest BCUT2D eigenvalue weighted by molar-refractivity contribution is 5.90. The summed E-state index contributed by atoms with van der Waals surface area (Å²) in [6.07, 6.45) is -3.02. The van der Waals surface area contributed by atoms with Gasteiger partial charge in [0.2, 0.25) is 5.82 Å². The van der Waals surface area contributed by atoms with Crippen LogP contribution < -0.4 is 5.73 Å². The lowest BCUT2D eigenvalue weighted by Crippen LogP contribution is -2.33. The highest BCUT2D eigenvalue weighted by atomic mass is 16.6. The van der Waals surface area contributed by atoms with Crippen molar-refractivity contribution in [2.45, 2.75) is 24.5 Å². The van der Waals surface area contributed by atoms with E-state index in [-0.39, 0.29) is 11.7 Å². The number of nitrogens with zero attached hydrogens (tertiary/aromatic N) is 3. The number of amidine groups is 1. The summed E-state index contributed by atoms with van der Waals surface area (Å²) < 4.78 is 6.37. The summed E-state index contributed by atoms with van der Waals surface area (Å²) in [5.41, 5.74) is 5.19. The number of rotatable bonds is 3. The SMILES string of the molecule is N=C(N)c1ncn([C@@H]2O[C@@H](CO)[C@@H](O)[C@@H]2O)n1. The predicted molar refractivity (Wildman–Crippen MR) is 54.0 cm³/mol. The average molecular weight is 243 g/mol. The molecule has 1 saturated heterocycles. The van der Waals surface area contributed by atoms with Gasteiger partial charge in [-0.15, -0.1) is 5.10 Å². The Morgan fingerprint density at radius 2 is 2.24 bits per heavy atom.